The summed E-state index contributed by atoms with van der Waals surface area (Å²) in [5.41, 5.74) is 0.747. The fourth-order valence-corrected chi connectivity index (χ4v) is 6.85. The van der Waals surface area contributed by atoms with Gasteiger partial charge in [-0.2, -0.15) is 0 Å². The summed E-state index contributed by atoms with van der Waals surface area (Å²) in [4.78, 5) is 0. The molecule has 0 aromatic carbocycles. The van der Waals surface area contributed by atoms with Gasteiger partial charge in [-0.15, -0.1) is 0 Å². The van der Waals surface area contributed by atoms with Crippen molar-refractivity contribution in [2.24, 2.45) is 23.2 Å². The van der Waals surface area contributed by atoms with Crippen molar-refractivity contribution in [3.8, 4) is 0 Å². The molecule has 0 N–H and O–H groups in total. The van der Waals surface area contributed by atoms with Gasteiger partial charge in [0.25, 0.3) is 0 Å². The zero-order valence-electron chi connectivity index (χ0n) is 13.3. The van der Waals surface area contributed by atoms with E-state index in [1.807, 2.05) is 0 Å². The van der Waals surface area contributed by atoms with Gasteiger partial charge in [0.1, 0.15) is 0 Å². The van der Waals surface area contributed by atoms with Crippen molar-refractivity contribution in [3.63, 3.8) is 0 Å². The molecule has 4 rings (SSSR count). The second kappa shape index (κ2) is 5.65. The van der Waals surface area contributed by atoms with Crippen molar-refractivity contribution in [1.29, 1.82) is 0 Å². The Morgan fingerprint density at radius 1 is 0.650 bits per heavy atom. The van der Waals surface area contributed by atoms with Crippen LogP contribution < -0.4 is 0 Å². The van der Waals surface area contributed by atoms with E-state index < -0.39 is 0 Å². The lowest BCUT2D eigenvalue weighted by Gasteiger charge is -2.57. The van der Waals surface area contributed by atoms with E-state index in [4.69, 9.17) is 0 Å². The van der Waals surface area contributed by atoms with Gasteiger partial charge in [-0.1, -0.05) is 57.8 Å². The molecule has 0 bridgehead atoms. The fourth-order valence-electron chi connectivity index (χ4n) is 6.85. The van der Waals surface area contributed by atoms with Crippen LogP contribution in [-0.2, 0) is 0 Å². The molecule has 113 valence electrons. The Morgan fingerprint density at radius 2 is 1.30 bits per heavy atom. The molecule has 0 amide bonds. The van der Waals surface area contributed by atoms with E-state index in [1.165, 1.54) is 51.4 Å². The summed E-state index contributed by atoms with van der Waals surface area (Å²) in [6.45, 7) is 0. The minimum Gasteiger partial charge on any atom is -0.0530 e. The SMILES string of the molecule is C1CCC2[C](C34CCCCC3CCCC4)CCCC2C1. The van der Waals surface area contributed by atoms with E-state index >= 15 is 0 Å². The summed E-state index contributed by atoms with van der Waals surface area (Å²) in [7, 11) is 0. The molecule has 0 aromatic rings. The molecule has 4 fully saturated rings. The van der Waals surface area contributed by atoms with Gasteiger partial charge in [-0.3, -0.25) is 0 Å². The zero-order chi connectivity index (χ0) is 13.4. The number of hydrogen-bond donors (Lipinski definition) is 0. The van der Waals surface area contributed by atoms with Crippen molar-refractivity contribution in [3.05, 3.63) is 5.92 Å². The predicted molar refractivity (Wildman–Crippen MR) is 85.4 cm³/mol. The number of hydrogen-bond acceptors (Lipinski definition) is 0. The predicted octanol–water partition coefficient (Wildman–Crippen LogP) is 6.30. The largest absolute Gasteiger partial charge is 0.0530 e. The lowest BCUT2D eigenvalue weighted by atomic mass is 9.47. The molecule has 0 spiro atoms. The quantitative estimate of drug-likeness (QED) is 0.525. The summed E-state index contributed by atoms with van der Waals surface area (Å²) >= 11 is 0. The normalized spacial score (nSPS) is 46.5. The maximum absolute atomic E-state index is 2.14. The first-order valence-electron chi connectivity index (χ1n) is 9.76. The van der Waals surface area contributed by atoms with E-state index in [9.17, 15) is 0 Å². The van der Waals surface area contributed by atoms with Crippen molar-refractivity contribution in [2.75, 3.05) is 0 Å². The number of rotatable bonds is 1. The average Bonchev–Trinajstić information content (AvgIpc) is 2.54. The van der Waals surface area contributed by atoms with Gasteiger partial charge < -0.3 is 0 Å². The fraction of sp³-hybridized carbons (Fsp3) is 0.950. The molecule has 20 heavy (non-hydrogen) atoms. The maximum Gasteiger partial charge on any atom is -0.0143 e. The molecule has 2 unspecified atom stereocenters. The summed E-state index contributed by atoms with van der Waals surface area (Å²) < 4.78 is 0. The van der Waals surface area contributed by atoms with Crippen LogP contribution in [0.4, 0.5) is 0 Å². The molecule has 1 radical (unpaired) electrons. The third-order valence-corrected chi connectivity index (χ3v) is 7.65. The summed E-state index contributed by atoms with van der Waals surface area (Å²) in [5, 5.41) is 0. The lowest BCUT2D eigenvalue weighted by Crippen LogP contribution is -2.47. The minimum absolute atomic E-state index is 0.747. The standard InChI is InChI=1S/C20H33/c1-2-12-18-16(8-1)9-7-13-19(18)20-14-5-3-10-17(20)11-4-6-15-20/h16-18H,1-15H2. The Labute approximate surface area is 126 Å². The van der Waals surface area contributed by atoms with Gasteiger partial charge in [0.05, 0.1) is 0 Å². The molecule has 0 nitrogen and oxygen atoms in total. The second-order valence-corrected chi connectivity index (χ2v) is 8.41. The smallest absolute Gasteiger partial charge is 0.0143 e. The Hall–Kier alpha value is 0. The van der Waals surface area contributed by atoms with E-state index in [0.717, 1.165) is 23.2 Å². The molecule has 0 aromatic heterocycles. The van der Waals surface area contributed by atoms with E-state index in [1.54, 1.807) is 44.9 Å². The van der Waals surface area contributed by atoms with Crippen molar-refractivity contribution >= 4 is 0 Å². The summed E-state index contributed by atoms with van der Waals surface area (Å²) in [6, 6.07) is 0. The molecule has 4 aliphatic carbocycles. The first kappa shape index (κ1) is 13.6. The van der Waals surface area contributed by atoms with Gasteiger partial charge in [0, 0.05) is 0 Å². The third-order valence-electron chi connectivity index (χ3n) is 7.65. The van der Waals surface area contributed by atoms with Crippen molar-refractivity contribution in [1.82, 2.24) is 0 Å². The third kappa shape index (κ3) is 2.17. The average molecular weight is 273 g/mol. The molecule has 4 aliphatic rings. The summed E-state index contributed by atoms with van der Waals surface area (Å²) in [5.74, 6) is 5.40. The molecule has 0 saturated heterocycles. The Balaban J connectivity index is 1.62. The first-order chi connectivity index (χ1) is 9.90. The molecule has 4 saturated carbocycles. The van der Waals surface area contributed by atoms with Crippen LogP contribution >= 0.6 is 0 Å². The van der Waals surface area contributed by atoms with Crippen LogP contribution in [0.5, 0.6) is 0 Å². The molecule has 0 heterocycles. The van der Waals surface area contributed by atoms with E-state index in [2.05, 4.69) is 5.92 Å². The molecule has 0 aliphatic heterocycles. The molecule has 0 heteroatoms. The van der Waals surface area contributed by atoms with Crippen LogP contribution in [0.1, 0.15) is 96.3 Å². The highest BCUT2D eigenvalue weighted by Crippen LogP contribution is 2.62. The van der Waals surface area contributed by atoms with Crippen molar-refractivity contribution < 1.29 is 0 Å². The highest BCUT2D eigenvalue weighted by atomic mass is 14.6. The zero-order valence-corrected chi connectivity index (χ0v) is 13.3. The Morgan fingerprint density at radius 3 is 2.10 bits per heavy atom. The monoisotopic (exact) mass is 273 g/mol. The second-order valence-electron chi connectivity index (χ2n) is 8.41. The van der Waals surface area contributed by atoms with Gasteiger partial charge in [-0.25, -0.2) is 0 Å². The molecular formula is C20H33. The molecule has 2 atom stereocenters. The van der Waals surface area contributed by atoms with Crippen LogP contribution in [0.25, 0.3) is 0 Å². The van der Waals surface area contributed by atoms with Gasteiger partial charge in [0.2, 0.25) is 0 Å². The Bertz CT molecular complexity index is 317. The van der Waals surface area contributed by atoms with Crippen LogP contribution in [0, 0.1) is 29.1 Å². The Kier molecular flexibility index (Phi) is 3.86. The van der Waals surface area contributed by atoms with E-state index in [-0.39, 0.29) is 0 Å². The minimum atomic E-state index is 0.747. The van der Waals surface area contributed by atoms with Crippen LogP contribution in [0.3, 0.4) is 0 Å². The topological polar surface area (TPSA) is 0 Å². The summed E-state index contributed by atoms with van der Waals surface area (Å²) in [6.07, 6.45) is 23.3. The maximum atomic E-state index is 2.14. The van der Waals surface area contributed by atoms with Crippen LogP contribution in [0.15, 0.2) is 0 Å². The highest BCUT2D eigenvalue weighted by Gasteiger charge is 2.52. The number of fused-ring (bicyclic) bond motifs is 2. The van der Waals surface area contributed by atoms with E-state index in [0.29, 0.717) is 0 Å². The van der Waals surface area contributed by atoms with Crippen LogP contribution in [0.2, 0.25) is 0 Å². The van der Waals surface area contributed by atoms with Gasteiger partial charge >= 0.3 is 0 Å². The van der Waals surface area contributed by atoms with Crippen molar-refractivity contribution in [2.45, 2.75) is 96.3 Å². The molecular weight excluding hydrogens is 240 g/mol. The highest BCUT2D eigenvalue weighted by molar-refractivity contribution is 5.18. The van der Waals surface area contributed by atoms with Crippen LogP contribution in [-0.4, -0.2) is 0 Å². The lowest BCUT2D eigenvalue weighted by molar-refractivity contribution is 0.0119. The van der Waals surface area contributed by atoms with Gasteiger partial charge in [-0.05, 0) is 67.6 Å². The first-order valence-corrected chi connectivity index (χ1v) is 9.76. The van der Waals surface area contributed by atoms with Gasteiger partial charge in [0.15, 0.2) is 0 Å².